The molecule has 1 N–H and O–H groups in total. The topological polar surface area (TPSA) is 84.5 Å². The van der Waals surface area contributed by atoms with Gasteiger partial charge in [0.25, 0.3) is 0 Å². The van der Waals surface area contributed by atoms with Gasteiger partial charge in [-0.1, -0.05) is 0 Å². The third kappa shape index (κ3) is 21.4. The number of carbonyl (C=O) groups excluding carboxylic acids is 1. The first kappa shape index (κ1) is 23.4. The maximum atomic E-state index is 10.0. The molecule has 0 rings (SSSR count). The van der Waals surface area contributed by atoms with E-state index < -0.39 is 0 Å². The van der Waals surface area contributed by atoms with E-state index in [1.165, 1.54) is 0 Å². The average Bonchev–Trinajstić information content (AvgIpc) is 2.60. The Morgan fingerprint density at radius 2 is 0.917 bits per heavy atom. The molecule has 0 aliphatic heterocycles. The zero-order chi connectivity index (χ0) is 17.6. The SMILES string of the molecule is CNCCOCCOCCOCCOCCOCCOCCC=O. The highest BCUT2D eigenvalue weighted by atomic mass is 16.6. The normalized spacial score (nSPS) is 11.0. The summed E-state index contributed by atoms with van der Waals surface area (Å²) >= 11 is 0. The van der Waals surface area contributed by atoms with Gasteiger partial charge in [-0.15, -0.1) is 0 Å². The lowest BCUT2D eigenvalue weighted by Gasteiger charge is -2.08. The molecule has 0 spiro atoms. The second kappa shape index (κ2) is 22.4. The second-order valence-electron chi connectivity index (χ2n) is 4.73. The Hall–Kier alpha value is -0.610. The Morgan fingerprint density at radius 3 is 1.25 bits per heavy atom. The molecule has 0 bridgehead atoms. The minimum absolute atomic E-state index is 0.429. The van der Waals surface area contributed by atoms with Gasteiger partial charge >= 0.3 is 0 Å². The van der Waals surface area contributed by atoms with Crippen LogP contribution in [0.3, 0.4) is 0 Å². The summed E-state index contributed by atoms with van der Waals surface area (Å²) in [6, 6.07) is 0. The van der Waals surface area contributed by atoms with Crippen molar-refractivity contribution in [2.45, 2.75) is 6.42 Å². The molecule has 0 radical (unpaired) electrons. The summed E-state index contributed by atoms with van der Waals surface area (Å²) in [5.41, 5.74) is 0. The maximum Gasteiger partial charge on any atom is 0.122 e. The van der Waals surface area contributed by atoms with Crippen LogP contribution in [0.15, 0.2) is 0 Å². The van der Waals surface area contributed by atoms with Gasteiger partial charge in [0.05, 0.1) is 79.3 Å². The molecular formula is C16H33NO7. The van der Waals surface area contributed by atoms with E-state index in [4.69, 9.17) is 28.4 Å². The van der Waals surface area contributed by atoms with Gasteiger partial charge in [-0.2, -0.15) is 0 Å². The Morgan fingerprint density at radius 1 is 0.583 bits per heavy atom. The van der Waals surface area contributed by atoms with Gasteiger partial charge in [-0.3, -0.25) is 0 Å². The third-order valence-corrected chi connectivity index (χ3v) is 2.74. The van der Waals surface area contributed by atoms with E-state index in [1.54, 1.807) is 0 Å². The monoisotopic (exact) mass is 351 g/mol. The smallest absolute Gasteiger partial charge is 0.122 e. The minimum atomic E-state index is 0.429. The molecule has 8 heteroatoms. The summed E-state index contributed by atoms with van der Waals surface area (Å²) in [4.78, 5) is 10.0. The first-order valence-electron chi connectivity index (χ1n) is 8.46. The number of rotatable bonds is 21. The zero-order valence-electron chi connectivity index (χ0n) is 14.8. The molecule has 0 aromatic rings. The summed E-state index contributed by atoms with van der Waals surface area (Å²) in [6.07, 6.45) is 1.27. The van der Waals surface area contributed by atoms with Gasteiger partial charge in [-0.25, -0.2) is 0 Å². The quantitative estimate of drug-likeness (QED) is 0.227. The van der Waals surface area contributed by atoms with Crippen LogP contribution in [0.25, 0.3) is 0 Å². The van der Waals surface area contributed by atoms with E-state index in [0.717, 1.165) is 12.8 Å². The van der Waals surface area contributed by atoms with Crippen molar-refractivity contribution in [2.75, 3.05) is 92.9 Å². The molecular weight excluding hydrogens is 318 g/mol. The Kier molecular flexibility index (Phi) is 21.8. The van der Waals surface area contributed by atoms with Crippen LogP contribution >= 0.6 is 0 Å². The Bertz CT molecular complexity index is 244. The summed E-state index contributed by atoms with van der Waals surface area (Å²) in [6.45, 7) is 7.42. The summed E-state index contributed by atoms with van der Waals surface area (Å²) in [5.74, 6) is 0. The summed E-state index contributed by atoms with van der Waals surface area (Å²) in [7, 11) is 1.89. The van der Waals surface area contributed by atoms with Gasteiger partial charge in [0.1, 0.15) is 6.29 Å². The highest BCUT2D eigenvalue weighted by molar-refractivity contribution is 5.49. The molecule has 144 valence electrons. The first-order chi connectivity index (χ1) is 11.9. The van der Waals surface area contributed by atoms with Crippen molar-refractivity contribution in [3.8, 4) is 0 Å². The van der Waals surface area contributed by atoms with Crippen molar-refractivity contribution >= 4 is 6.29 Å². The fourth-order valence-corrected chi connectivity index (χ4v) is 1.51. The van der Waals surface area contributed by atoms with E-state index in [-0.39, 0.29) is 0 Å². The molecule has 0 saturated carbocycles. The van der Waals surface area contributed by atoms with E-state index in [9.17, 15) is 4.79 Å². The van der Waals surface area contributed by atoms with E-state index in [0.29, 0.717) is 85.7 Å². The molecule has 0 atom stereocenters. The Balaban J connectivity index is 2.94. The molecule has 0 unspecified atom stereocenters. The van der Waals surface area contributed by atoms with Crippen LogP contribution < -0.4 is 5.32 Å². The highest BCUT2D eigenvalue weighted by Gasteiger charge is 1.94. The largest absolute Gasteiger partial charge is 0.379 e. The number of hydrogen-bond acceptors (Lipinski definition) is 8. The van der Waals surface area contributed by atoms with Gasteiger partial charge in [0.2, 0.25) is 0 Å². The molecule has 0 heterocycles. The molecule has 0 aromatic carbocycles. The second-order valence-corrected chi connectivity index (χ2v) is 4.73. The van der Waals surface area contributed by atoms with Gasteiger partial charge in [-0.05, 0) is 7.05 Å². The van der Waals surface area contributed by atoms with Crippen molar-refractivity contribution in [1.29, 1.82) is 0 Å². The minimum Gasteiger partial charge on any atom is -0.379 e. The first-order valence-corrected chi connectivity index (χ1v) is 8.46. The fourth-order valence-electron chi connectivity index (χ4n) is 1.51. The summed E-state index contributed by atoms with van der Waals surface area (Å²) < 4.78 is 31.9. The van der Waals surface area contributed by atoms with Crippen molar-refractivity contribution in [3.63, 3.8) is 0 Å². The molecule has 0 aromatic heterocycles. The van der Waals surface area contributed by atoms with Gasteiger partial charge in [0, 0.05) is 13.0 Å². The lowest BCUT2D eigenvalue weighted by Crippen LogP contribution is -2.17. The van der Waals surface area contributed by atoms with E-state index >= 15 is 0 Å². The molecule has 24 heavy (non-hydrogen) atoms. The zero-order valence-corrected chi connectivity index (χ0v) is 14.8. The van der Waals surface area contributed by atoms with Crippen LogP contribution in [-0.2, 0) is 33.2 Å². The highest BCUT2D eigenvalue weighted by Crippen LogP contribution is 1.85. The fraction of sp³-hybridized carbons (Fsp3) is 0.938. The maximum absolute atomic E-state index is 10.0. The number of nitrogens with one attached hydrogen (secondary N) is 1. The molecule has 8 nitrogen and oxygen atoms in total. The van der Waals surface area contributed by atoms with Gasteiger partial charge < -0.3 is 38.5 Å². The van der Waals surface area contributed by atoms with Crippen LogP contribution in [0.4, 0.5) is 0 Å². The predicted molar refractivity (Wildman–Crippen MR) is 89.5 cm³/mol. The van der Waals surface area contributed by atoms with Crippen LogP contribution in [0.5, 0.6) is 0 Å². The third-order valence-electron chi connectivity index (χ3n) is 2.74. The number of carbonyl (C=O) groups is 1. The molecule has 0 saturated heterocycles. The van der Waals surface area contributed by atoms with Crippen molar-refractivity contribution in [2.24, 2.45) is 0 Å². The lowest BCUT2D eigenvalue weighted by molar-refractivity contribution is -0.108. The lowest BCUT2D eigenvalue weighted by atomic mass is 10.5. The standard InChI is InChI=1S/C16H33NO7/c1-17-3-6-20-8-10-22-12-14-24-16-15-23-13-11-21-9-7-19-5-2-4-18/h4,17H,2-3,5-16H2,1H3. The van der Waals surface area contributed by atoms with Crippen LogP contribution in [-0.4, -0.2) is 99.2 Å². The predicted octanol–water partition coefficient (Wildman–Crippen LogP) is -0.106. The van der Waals surface area contributed by atoms with E-state index in [1.807, 2.05) is 7.05 Å². The van der Waals surface area contributed by atoms with Crippen molar-refractivity contribution in [1.82, 2.24) is 5.32 Å². The van der Waals surface area contributed by atoms with Crippen LogP contribution in [0, 0.1) is 0 Å². The molecule has 0 fully saturated rings. The Labute approximate surface area is 145 Å². The van der Waals surface area contributed by atoms with Crippen LogP contribution in [0.1, 0.15) is 6.42 Å². The summed E-state index contributed by atoms with van der Waals surface area (Å²) in [5, 5.41) is 3.00. The van der Waals surface area contributed by atoms with Crippen molar-refractivity contribution in [3.05, 3.63) is 0 Å². The van der Waals surface area contributed by atoms with E-state index in [2.05, 4.69) is 5.32 Å². The number of aldehydes is 1. The molecule has 0 aliphatic carbocycles. The number of likely N-dealkylation sites (N-methyl/N-ethyl adjacent to an activating group) is 1. The van der Waals surface area contributed by atoms with Crippen molar-refractivity contribution < 1.29 is 33.2 Å². The number of hydrogen-bond donors (Lipinski definition) is 1. The number of ether oxygens (including phenoxy) is 6. The average molecular weight is 351 g/mol. The molecule has 0 amide bonds. The van der Waals surface area contributed by atoms with Gasteiger partial charge in [0.15, 0.2) is 0 Å². The molecule has 0 aliphatic rings. The van der Waals surface area contributed by atoms with Crippen LogP contribution in [0.2, 0.25) is 0 Å².